The molecule has 0 aliphatic carbocycles. The Labute approximate surface area is 129 Å². The van der Waals surface area contributed by atoms with Gasteiger partial charge in [0.05, 0.1) is 24.1 Å². The van der Waals surface area contributed by atoms with Crippen LogP contribution in [0.2, 0.25) is 0 Å². The number of aryl methyl sites for hydroxylation is 1. The first-order valence-corrected chi connectivity index (χ1v) is 8.49. The summed E-state index contributed by atoms with van der Waals surface area (Å²) in [5, 5.41) is 8.90. The molecule has 0 saturated carbocycles. The molecule has 22 heavy (non-hydrogen) atoms. The SMILES string of the molecule is Cc1ccc(CN(c2ccc(C(=O)O)cc2)S(C)(=O)=O)cc1. The van der Waals surface area contributed by atoms with Crippen molar-refractivity contribution in [2.24, 2.45) is 0 Å². The second-order valence-electron chi connectivity index (χ2n) is 5.11. The molecule has 1 N–H and O–H groups in total. The van der Waals surface area contributed by atoms with Crippen molar-refractivity contribution < 1.29 is 18.3 Å². The lowest BCUT2D eigenvalue weighted by Gasteiger charge is -2.22. The molecule has 0 saturated heterocycles. The number of sulfonamides is 1. The molecule has 0 amide bonds. The smallest absolute Gasteiger partial charge is 0.335 e. The van der Waals surface area contributed by atoms with Gasteiger partial charge in [-0.05, 0) is 36.8 Å². The van der Waals surface area contributed by atoms with Crippen molar-refractivity contribution in [1.82, 2.24) is 0 Å². The first-order chi connectivity index (χ1) is 10.3. The Kier molecular flexibility index (Phi) is 4.51. The van der Waals surface area contributed by atoms with E-state index in [1.54, 1.807) is 0 Å². The molecule has 0 aliphatic rings. The highest BCUT2D eigenvalue weighted by atomic mass is 32.2. The van der Waals surface area contributed by atoms with Crippen molar-refractivity contribution in [3.05, 3.63) is 65.2 Å². The van der Waals surface area contributed by atoms with Crippen LogP contribution in [0.4, 0.5) is 5.69 Å². The third-order valence-electron chi connectivity index (χ3n) is 3.25. The van der Waals surface area contributed by atoms with Gasteiger partial charge in [0.1, 0.15) is 0 Å². The van der Waals surface area contributed by atoms with Crippen LogP contribution in [-0.2, 0) is 16.6 Å². The van der Waals surface area contributed by atoms with E-state index in [9.17, 15) is 13.2 Å². The maximum absolute atomic E-state index is 12.0. The van der Waals surface area contributed by atoms with Crippen LogP contribution >= 0.6 is 0 Å². The van der Waals surface area contributed by atoms with Gasteiger partial charge in [-0.1, -0.05) is 29.8 Å². The summed E-state index contributed by atoms with van der Waals surface area (Å²) in [7, 11) is -3.47. The molecule has 0 unspecified atom stereocenters. The van der Waals surface area contributed by atoms with Crippen LogP contribution in [0.1, 0.15) is 21.5 Å². The minimum absolute atomic E-state index is 0.118. The van der Waals surface area contributed by atoms with Gasteiger partial charge in [-0.15, -0.1) is 0 Å². The summed E-state index contributed by atoms with van der Waals surface area (Å²) in [6.45, 7) is 2.16. The minimum Gasteiger partial charge on any atom is -0.478 e. The van der Waals surface area contributed by atoms with Gasteiger partial charge < -0.3 is 5.11 Å². The molecule has 116 valence electrons. The van der Waals surface area contributed by atoms with Crippen molar-refractivity contribution >= 4 is 21.7 Å². The fourth-order valence-electron chi connectivity index (χ4n) is 2.03. The van der Waals surface area contributed by atoms with E-state index in [-0.39, 0.29) is 12.1 Å². The first-order valence-electron chi connectivity index (χ1n) is 6.64. The monoisotopic (exact) mass is 319 g/mol. The van der Waals surface area contributed by atoms with Gasteiger partial charge in [0.25, 0.3) is 0 Å². The standard InChI is InChI=1S/C16H17NO4S/c1-12-3-5-13(6-4-12)11-17(22(2,20)21)15-9-7-14(8-10-15)16(18)19/h3-10H,11H2,1-2H3,(H,18,19). The quantitative estimate of drug-likeness (QED) is 0.919. The molecule has 0 fully saturated rings. The number of carboxylic acids is 1. The Morgan fingerprint density at radius 1 is 1.05 bits per heavy atom. The van der Waals surface area contributed by atoms with E-state index in [1.165, 1.54) is 28.6 Å². The predicted molar refractivity (Wildman–Crippen MR) is 85.6 cm³/mol. The van der Waals surface area contributed by atoms with E-state index in [1.807, 2.05) is 31.2 Å². The van der Waals surface area contributed by atoms with Crippen LogP contribution in [0.15, 0.2) is 48.5 Å². The van der Waals surface area contributed by atoms with E-state index in [0.29, 0.717) is 5.69 Å². The number of anilines is 1. The van der Waals surface area contributed by atoms with E-state index in [0.717, 1.165) is 17.4 Å². The zero-order valence-corrected chi connectivity index (χ0v) is 13.2. The second-order valence-corrected chi connectivity index (χ2v) is 7.01. The molecule has 2 aromatic carbocycles. The molecule has 0 aliphatic heterocycles. The number of benzene rings is 2. The zero-order chi connectivity index (χ0) is 16.3. The summed E-state index contributed by atoms with van der Waals surface area (Å²) in [6.07, 6.45) is 1.13. The average Bonchev–Trinajstić information content (AvgIpc) is 2.45. The number of nitrogens with zero attached hydrogens (tertiary/aromatic N) is 1. The van der Waals surface area contributed by atoms with Gasteiger partial charge in [0.2, 0.25) is 10.0 Å². The number of aromatic carboxylic acids is 1. The van der Waals surface area contributed by atoms with Crippen molar-refractivity contribution in [1.29, 1.82) is 0 Å². The van der Waals surface area contributed by atoms with Crippen LogP contribution < -0.4 is 4.31 Å². The zero-order valence-electron chi connectivity index (χ0n) is 12.4. The Bertz CT molecular complexity index is 765. The lowest BCUT2D eigenvalue weighted by molar-refractivity contribution is 0.0697. The van der Waals surface area contributed by atoms with E-state index in [4.69, 9.17) is 5.11 Å². The number of hydrogen-bond acceptors (Lipinski definition) is 3. The molecule has 2 rings (SSSR count). The molecule has 0 bridgehead atoms. The van der Waals surface area contributed by atoms with Crippen LogP contribution in [-0.4, -0.2) is 25.7 Å². The lowest BCUT2D eigenvalue weighted by Crippen LogP contribution is -2.29. The molecular weight excluding hydrogens is 302 g/mol. The van der Waals surface area contributed by atoms with Gasteiger partial charge in [0, 0.05) is 0 Å². The Morgan fingerprint density at radius 2 is 1.59 bits per heavy atom. The fourth-order valence-corrected chi connectivity index (χ4v) is 2.92. The molecule has 0 heterocycles. The topological polar surface area (TPSA) is 74.7 Å². The number of rotatable bonds is 5. The van der Waals surface area contributed by atoms with E-state index in [2.05, 4.69) is 0 Å². The molecule has 2 aromatic rings. The number of carboxylic acid groups (broad SMARTS) is 1. The molecule has 6 heteroatoms. The highest BCUT2D eigenvalue weighted by Gasteiger charge is 2.18. The fraction of sp³-hybridized carbons (Fsp3) is 0.188. The molecule has 0 radical (unpaired) electrons. The van der Waals surface area contributed by atoms with E-state index < -0.39 is 16.0 Å². The van der Waals surface area contributed by atoms with Crippen LogP contribution in [0.25, 0.3) is 0 Å². The largest absolute Gasteiger partial charge is 0.478 e. The third-order valence-corrected chi connectivity index (χ3v) is 4.39. The highest BCUT2D eigenvalue weighted by Crippen LogP contribution is 2.21. The highest BCUT2D eigenvalue weighted by molar-refractivity contribution is 7.92. The van der Waals surface area contributed by atoms with Gasteiger partial charge in [0.15, 0.2) is 0 Å². The second kappa shape index (κ2) is 6.19. The minimum atomic E-state index is -3.47. The summed E-state index contributed by atoms with van der Waals surface area (Å²) in [6, 6.07) is 13.4. The summed E-state index contributed by atoms with van der Waals surface area (Å²) in [5.74, 6) is -1.05. The van der Waals surface area contributed by atoms with Gasteiger partial charge in [-0.3, -0.25) is 4.31 Å². The lowest BCUT2D eigenvalue weighted by atomic mass is 10.1. The maximum Gasteiger partial charge on any atom is 0.335 e. The van der Waals surface area contributed by atoms with Crippen molar-refractivity contribution in [2.75, 3.05) is 10.6 Å². The maximum atomic E-state index is 12.0. The number of carbonyl (C=O) groups is 1. The summed E-state index contributed by atoms with van der Waals surface area (Å²) < 4.78 is 25.3. The van der Waals surface area contributed by atoms with Crippen molar-refractivity contribution in [3.63, 3.8) is 0 Å². The number of hydrogen-bond donors (Lipinski definition) is 1. The van der Waals surface area contributed by atoms with Crippen molar-refractivity contribution in [2.45, 2.75) is 13.5 Å². The molecule has 0 aromatic heterocycles. The van der Waals surface area contributed by atoms with Gasteiger partial charge in [-0.2, -0.15) is 0 Å². The summed E-state index contributed by atoms with van der Waals surface area (Å²) in [4.78, 5) is 10.9. The summed E-state index contributed by atoms with van der Waals surface area (Å²) >= 11 is 0. The van der Waals surface area contributed by atoms with Crippen molar-refractivity contribution in [3.8, 4) is 0 Å². The van der Waals surface area contributed by atoms with Crippen LogP contribution in [0.5, 0.6) is 0 Å². The molecule has 0 spiro atoms. The van der Waals surface area contributed by atoms with Crippen LogP contribution in [0.3, 0.4) is 0 Å². The summed E-state index contributed by atoms with van der Waals surface area (Å²) in [5.41, 5.74) is 2.51. The first kappa shape index (κ1) is 16.0. The third kappa shape index (κ3) is 3.85. The Hall–Kier alpha value is -2.34. The Balaban J connectivity index is 2.34. The molecule has 5 nitrogen and oxygen atoms in total. The molecule has 0 atom stereocenters. The van der Waals surface area contributed by atoms with Crippen LogP contribution in [0, 0.1) is 6.92 Å². The normalized spacial score (nSPS) is 11.2. The van der Waals surface area contributed by atoms with Gasteiger partial charge in [-0.25, -0.2) is 13.2 Å². The predicted octanol–water partition coefficient (Wildman–Crippen LogP) is 2.66. The Morgan fingerprint density at radius 3 is 2.05 bits per heavy atom. The average molecular weight is 319 g/mol. The van der Waals surface area contributed by atoms with E-state index >= 15 is 0 Å². The van der Waals surface area contributed by atoms with Gasteiger partial charge >= 0.3 is 5.97 Å². The molecular formula is C16H17NO4S.